The molecule has 0 saturated carbocycles. The molecule has 0 fully saturated rings. The fourth-order valence-corrected chi connectivity index (χ4v) is 3.32. The van der Waals surface area contributed by atoms with Gasteiger partial charge in [-0.1, -0.05) is 13.8 Å². The van der Waals surface area contributed by atoms with Gasteiger partial charge in [-0.2, -0.15) is 5.26 Å². The van der Waals surface area contributed by atoms with Crippen molar-refractivity contribution in [3.8, 4) is 6.07 Å². The van der Waals surface area contributed by atoms with E-state index in [1.54, 1.807) is 24.3 Å². The van der Waals surface area contributed by atoms with Crippen molar-refractivity contribution in [1.29, 1.82) is 5.26 Å². The van der Waals surface area contributed by atoms with E-state index in [1.165, 1.54) is 6.08 Å². The van der Waals surface area contributed by atoms with Crippen LogP contribution < -0.4 is 5.32 Å². The molecule has 1 amide bonds. The van der Waals surface area contributed by atoms with Crippen LogP contribution in [0.15, 0.2) is 35.9 Å². The number of amides is 1. The van der Waals surface area contributed by atoms with Gasteiger partial charge in [0.2, 0.25) is 5.91 Å². The number of ketones is 1. The Labute approximate surface area is 188 Å². The number of rotatable bonds is 10. The number of ether oxygens (including phenoxy) is 1. The van der Waals surface area contributed by atoms with Gasteiger partial charge in [0.15, 0.2) is 12.4 Å². The maximum atomic E-state index is 12.4. The third-order valence-electron chi connectivity index (χ3n) is 5.00. The number of nitrogens with zero attached hydrogens (tertiary/aromatic N) is 2. The molecular weight excluding hydrogens is 406 g/mol. The highest BCUT2D eigenvalue weighted by Crippen LogP contribution is 2.19. The average Bonchev–Trinajstić information content (AvgIpc) is 3.03. The Kier molecular flexibility index (Phi) is 8.96. The van der Waals surface area contributed by atoms with Crippen LogP contribution in [0.4, 0.5) is 5.69 Å². The van der Waals surface area contributed by atoms with Gasteiger partial charge in [-0.3, -0.25) is 9.59 Å². The van der Waals surface area contributed by atoms with Crippen LogP contribution in [0.5, 0.6) is 0 Å². The Morgan fingerprint density at radius 3 is 2.41 bits per heavy atom. The maximum absolute atomic E-state index is 12.4. The number of hydrogen-bond acceptors (Lipinski definition) is 5. The summed E-state index contributed by atoms with van der Waals surface area (Å²) in [5.41, 5.74) is 3.56. The van der Waals surface area contributed by atoms with Crippen LogP contribution in [-0.4, -0.2) is 28.8 Å². The summed E-state index contributed by atoms with van der Waals surface area (Å²) in [7, 11) is 0. The van der Waals surface area contributed by atoms with Crippen molar-refractivity contribution in [3.63, 3.8) is 0 Å². The summed E-state index contributed by atoms with van der Waals surface area (Å²) >= 11 is 0. The highest BCUT2D eigenvalue weighted by molar-refractivity contribution is 6.02. The fourth-order valence-electron chi connectivity index (χ4n) is 3.32. The Bertz CT molecular complexity index is 1060. The van der Waals surface area contributed by atoms with Gasteiger partial charge in [-0.15, -0.1) is 0 Å². The van der Waals surface area contributed by atoms with Crippen LogP contribution in [0, 0.1) is 25.2 Å². The molecule has 7 nitrogen and oxygen atoms in total. The summed E-state index contributed by atoms with van der Waals surface area (Å²) in [6.07, 6.45) is 3.64. The first kappa shape index (κ1) is 24.6. The minimum atomic E-state index is -0.843. The molecule has 7 heteroatoms. The molecule has 0 saturated heterocycles. The molecule has 0 aliphatic heterocycles. The minimum absolute atomic E-state index is 0.0909. The van der Waals surface area contributed by atoms with E-state index in [-0.39, 0.29) is 11.5 Å². The molecule has 32 heavy (non-hydrogen) atoms. The molecule has 168 valence electrons. The Morgan fingerprint density at radius 2 is 1.81 bits per heavy atom. The third kappa shape index (κ3) is 6.42. The van der Waals surface area contributed by atoms with E-state index in [0.717, 1.165) is 36.3 Å². The first-order chi connectivity index (χ1) is 15.3. The summed E-state index contributed by atoms with van der Waals surface area (Å²) in [5.74, 6) is -1.33. The third-order valence-corrected chi connectivity index (χ3v) is 5.00. The number of Topliss-reactive ketones (excluding diaryl/α,β-unsaturated/α-hetero) is 1. The van der Waals surface area contributed by atoms with Crippen molar-refractivity contribution >= 4 is 29.4 Å². The van der Waals surface area contributed by atoms with Crippen LogP contribution in [0.25, 0.3) is 6.08 Å². The van der Waals surface area contributed by atoms with Crippen LogP contribution in [-0.2, 0) is 20.9 Å². The predicted molar refractivity (Wildman–Crippen MR) is 123 cm³/mol. The molecule has 1 heterocycles. The zero-order valence-corrected chi connectivity index (χ0v) is 19.0. The van der Waals surface area contributed by atoms with E-state index in [4.69, 9.17) is 4.74 Å². The van der Waals surface area contributed by atoms with Crippen molar-refractivity contribution in [2.45, 2.75) is 53.5 Å². The molecule has 0 aliphatic rings. The largest absolute Gasteiger partial charge is 0.453 e. The number of esters is 1. The van der Waals surface area contributed by atoms with Crippen LogP contribution in [0.2, 0.25) is 0 Å². The minimum Gasteiger partial charge on any atom is -0.453 e. The fraction of sp³-hybridized carbons (Fsp3) is 0.360. The monoisotopic (exact) mass is 435 g/mol. The summed E-state index contributed by atoms with van der Waals surface area (Å²) < 4.78 is 7.21. The number of hydrogen-bond donors (Lipinski definition) is 1. The van der Waals surface area contributed by atoms with Crippen molar-refractivity contribution in [2.75, 3.05) is 11.9 Å². The predicted octanol–water partition coefficient (Wildman–Crippen LogP) is 4.59. The summed E-state index contributed by atoms with van der Waals surface area (Å²) in [5, 5.41) is 12.1. The van der Waals surface area contributed by atoms with E-state index < -0.39 is 18.4 Å². The Morgan fingerprint density at radius 1 is 1.12 bits per heavy atom. The molecule has 0 bridgehead atoms. The van der Waals surface area contributed by atoms with E-state index in [0.29, 0.717) is 17.7 Å². The average molecular weight is 436 g/mol. The molecule has 1 aromatic heterocycles. The van der Waals surface area contributed by atoms with Gasteiger partial charge < -0.3 is 14.6 Å². The molecule has 0 radical (unpaired) electrons. The lowest BCUT2D eigenvalue weighted by Crippen LogP contribution is -2.15. The number of nitrogens with one attached hydrogen (secondary N) is 1. The zero-order chi connectivity index (χ0) is 23.7. The topological polar surface area (TPSA) is 101 Å². The highest BCUT2D eigenvalue weighted by Gasteiger charge is 2.16. The lowest BCUT2D eigenvalue weighted by Gasteiger charge is -2.07. The van der Waals surface area contributed by atoms with Gasteiger partial charge >= 0.3 is 5.97 Å². The van der Waals surface area contributed by atoms with E-state index in [1.807, 2.05) is 32.9 Å². The number of aryl methyl sites for hydroxylation is 1. The lowest BCUT2D eigenvalue weighted by molar-refractivity contribution is -0.137. The summed E-state index contributed by atoms with van der Waals surface area (Å²) in [4.78, 5) is 36.4. The second-order valence-corrected chi connectivity index (χ2v) is 7.52. The first-order valence-corrected chi connectivity index (χ1v) is 10.7. The first-order valence-electron chi connectivity index (χ1n) is 10.7. The van der Waals surface area contributed by atoms with Crippen LogP contribution in [0.1, 0.15) is 60.4 Å². The molecule has 1 N–H and O–H groups in total. The standard InChI is InChI=1S/C25H29N3O4/c1-5-7-24(30)27-22-10-8-19(9-11-22)23(29)16-32-25(31)21(15-26)14-20-13-17(3)28(12-6-2)18(20)4/h8-11,13-14H,5-7,12,16H2,1-4H3,(H,27,30)/b21-14+. The van der Waals surface area contributed by atoms with Gasteiger partial charge in [0.25, 0.3) is 0 Å². The quantitative estimate of drug-likeness (QED) is 0.255. The highest BCUT2D eigenvalue weighted by atomic mass is 16.5. The van der Waals surface area contributed by atoms with Crippen molar-refractivity contribution in [3.05, 3.63) is 58.4 Å². The number of aromatic nitrogens is 1. The smallest absolute Gasteiger partial charge is 0.349 e. The normalized spacial score (nSPS) is 11.0. The van der Waals surface area contributed by atoms with E-state index in [9.17, 15) is 19.6 Å². The number of benzene rings is 1. The second-order valence-electron chi connectivity index (χ2n) is 7.52. The number of carbonyl (C=O) groups is 3. The van der Waals surface area contributed by atoms with Gasteiger partial charge in [-0.05, 0) is 68.7 Å². The van der Waals surface area contributed by atoms with E-state index in [2.05, 4.69) is 16.8 Å². The lowest BCUT2D eigenvalue weighted by atomic mass is 10.1. The molecule has 2 rings (SSSR count). The molecule has 0 aliphatic carbocycles. The Balaban J connectivity index is 2.02. The van der Waals surface area contributed by atoms with Crippen molar-refractivity contribution in [2.24, 2.45) is 0 Å². The van der Waals surface area contributed by atoms with Crippen molar-refractivity contribution in [1.82, 2.24) is 4.57 Å². The van der Waals surface area contributed by atoms with Gasteiger partial charge in [0, 0.05) is 35.6 Å². The second kappa shape index (κ2) is 11.7. The molecule has 0 spiro atoms. The van der Waals surface area contributed by atoms with Crippen molar-refractivity contribution < 1.29 is 19.1 Å². The molecule has 0 unspecified atom stereocenters. The molecular formula is C25H29N3O4. The van der Waals surface area contributed by atoms with Crippen LogP contribution >= 0.6 is 0 Å². The molecule has 2 aromatic rings. The number of anilines is 1. The molecule has 0 atom stereocenters. The van der Waals surface area contributed by atoms with Gasteiger partial charge in [0.05, 0.1) is 0 Å². The molecule has 1 aromatic carbocycles. The summed E-state index contributed by atoms with van der Waals surface area (Å²) in [6.45, 7) is 8.29. The zero-order valence-electron chi connectivity index (χ0n) is 19.0. The number of carbonyl (C=O) groups excluding carboxylic acids is 3. The maximum Gasteiger partial charge on any atom is 0.349 e. The Hall–Kier alpha value is -3.66. The van der Waals surface area contributed by atoms with Crippen LogP contribution in [0.3, 0.4) is 0 Å². The van der Waals surface area contributed by atoms with Gasteiger partial charge in [0.1, 0.15) is 11.6 Å². The summed E-state index contributed by atoms with van der Waals surface area (Å²) in [6, 6.07) is 10.1. The SMILES string of the molecule is CCCC(=O)Nc1ccc(C(=O)COC(=O)/C(C#N)=C/c2cc(C)n(CCC)c2C)cc1. The number of nitriles is 1. The van der Waals surface area contributed by atoms with Gasteiger partial charge in [-0.25, -0.2) is 4.79 Å². The van der Waals surface area contributed by atoms with E-state index >= 15 is 0 Å².